The number of hydrogen-bond acceptors (Lipinski definition) is 6. The Morgan fingerprint density at radius 3 is 2.35 bits per heavy atom. The van der Waals surface area contributed by atoms with Crippen LogP contribution >= 0.6 is 10.6 Å². The summed E-state index contributed by atoms with van der Waals surface area (Å²) in [7, 11) is -1.91. The fourth-order valence-electron chi connectivity index (χ4n) is 2.01. The van der Waals surface area contributed by atoms with Crippen LogP contribution in [0.15, 0.2) is 24.3 Å². The van der Waals surface area contributed by atoms with Gasteiger partial charge in [0.05, 0.1) is 6.61 Å². The molecular formula is C19H34O6S. The smallest absolute Gasteiger partial charge is 0.333 e. The van der Waals surface area contributed by atoms with Gasteiger partial charge in [-0.15, -0.1) is 0 Å². The fourth-order valence-corrected chi connectivity index (χ4v) is 3.53. The maximum atomic E-state index is 11.5. The highest BCUT2D eigenvalue weighted by Gasteiger charge is 2.12. The van der Waals surface area contributed by atoms with Crippen LogP contribution < -0.4 is 0 Å². The van der Waals surface area contributed by atoms with Gasteiger partial charge in [-0.25, -0.2) is 4.79 Å². The molecule has 152 valence electrons. The minimum Gasteiger partial charge on any atom is -0.462 e. The molecule has 0 fully saturated rings. The van der Waals surface area contributed by atoms with E-state index in [-0.39, 0.29) is 19.2 Å². The van der Waals surface area contributed by atoms with Crippen molar-refractivity contribution >= 4 is 22.5 Å². The van der Waals surface area contributed by atoms with E-state index in [4.69, 9.17) is 13.7 Å². The van der Waals surface area contributed by atoms with Crippen molar-refractivity contribution in [3.63, 3.8) is 0 Å². The summed E-state index contributed by atoms with van der Waals surface area (Å²) in [4.78, 5) is 22.6. The Balaban J connectivity index is 3.63. The lowest BCUT2D eigenvalue weighted by Crippen LogP contribution is -2.14. The van der Waals surface area contributed by atoms with Gasteiger partial charge in [0.15, 0.2) is 0 Å². The van der Waals surface area contributed by atoms with E-state index in [9.17, 15) is 14.1 Å². The van der Waals surface area contributed by atoms with Gasteiger partial charge in [-0.2, -0.15) is 10.6 Å². The SMILES string of the molecule is C=C(C)C(=O)OCCOC(=O)CCCC/C=C\CCS(O)(CC)OCC. The Hall–Kier alpha value is -1.31. The van der Waals surface area contributed by atoms with Gasteiger partial charge in [-0.1, -0.05) is 18.7 Å². The molecule has 0 aromatic carbocycles. The molecule has 0 spiro atoms. The van der Waals surface area contributed by atoms with Gasteiger partial charge in [0.1, 0.15) is 13.2 Å². The summed E-state index contributed by atoms with van der Waals surface area (Å²) >= 11 is 0. The molecule has 0 amide bonds. The lowest BCUT2D eigenvalue weighted by atomic mass is 10.2. The Labute approximate surface area is 159 Å². The minimum absolute atomic E-state index is 0.0496. The fraction of sp³-hybridized carbons (Fsp3) is 0.684. The second kappa shape index (κ2) is 14.8. The maximum Gasteiger partial charge on any atom is 0.333 e. The molecule has 26 heavy (non-hydrogen) atoms. The van der Waals surface area contributed by atoms with Gasteiger partial charge in [0.2, 0.25) is 0 Å². The molecule has 0 aromatic heterocycles. The van der Waals surface area contributed by atoms with E-state index in [0.29, 0.717) is 30.1 Å². The van der Waals surface area contributed by atoms with Crippen LogP contribution in [0.25, 0.3) is 0 Å². The quantitative estimate of drug-likeness (QED) is 0.193. The first-order chi connectivity index (χ1) is 12.3. The summed E-state index contributed by atoms with van der Waals surface area (Å²) in [6, 6.07) is 0. The van der Waals surface area contributed by atoms with E-state index in [2.05, 4.69) is 18.7 Å². The Morgan fingerprint density at radius 1 is 1.08 bits per heavy atom. The monoisotopic (exact) mass is 390 g/mol. The molecule has 0 aromatic rings. The molecule has 0 rings (SSSR count). The molecule has 0 radical (unpaired) electrons. The molecule has 1 N–H and O–H groups in total. The Morgan fingerprint density at radius 2 is 1.73 bits per heavy atom. The highest BCUT2D eigenvalue weighted by molar-refractivity contribution is 8.25. The molecule has 7 heteroatoms. The lowest BCUT2D eigenvalue weighted by Gasteiger charge is -2.36. The molecule has 0 saturated carbocycles. The zero-order valence-electron chi connectivity index (χ0n) is 16.3. The van der Waals surface area contributed by atoms with Crippen molar-refractivity contribution in [3.8, 4) is 0 Å². The number of ether oxygens (including phenoxy) is 2. The van der Waals surface area contributed by atoms with E-state index < -0.39 is 16.6 Å². The molecule has 1 atom stereocenters. The van der Waals surface area contributed by atoms with Gasteiger partial charge in [-0.3, -0.25) is 13.5 Å². The molecular weight excluding hydrogens is 356 g/mol. The van der Waals surface area contributed by atoms with Crippen LogP contribution in [0.5, 0.6) is 0 Å². The van der Waals surface area contributed by atoms with Gasteiger partial charge >= 0.3 is 11.9 Å². The second-order valence-electron chi connectivity index (χ2n) is 5.81. The maximum absolute atomic E-state index is 11.5. The van der Waals surface area contributed by atoms with Crippen molar-refractivity contribution in [1.82, 2.24) is 0 Å². The van der Waals surface area contributed by atoms with Crippen molar-refractivity contribution in [2.24, 2.45) is 0 Å². The summed E-state index contributed by atoms with van der Waals surface area (Å²) in [6.45, 7) is 9.52. The number of esters is 2. The number of allylic oxidation sites excluding steroid dienone is 2. The molecule has 1 unspecified atom stereocenters. The van der Waals surface area contributed by atoms with Crippen molar-refractivity contribution < 1.29 is 27.8 Å². The van der Waals surface area contributed by atoms with Gasteiger partial charge in [-0.05, 0) is 46.5 Å². The first-order valence-electron chi connectivity index (χ1n) is 9.13. The highest BCUT2D eigenvalue weighted by Crippen LogP contribution is 2.44. The van der Waals surface area contributed by atoms with Gasteiger partial charge in [0, 0.05) is 23.5 Å². The molecule has 6 nitrogen and oxygen atoms in total. The third-order valence-corrected chi connectivity index (χ3v) is 5.94. The van der Waals surface area contributed by atoms with E-state index in [1.807, 2.05) is 13.8 Å². The van der Waals surface area contributed by atoms with Crippen LogP contribution in [0.1, 0.15) is 52.9 Å². The summed E-state index contributed by atoms with van der Waals surface area (Å²) in [6.07, 6.45) is 7.81. The average Bonchev–Trinajstić information content (AvgIpc) is 2.60. The van der Waals surface area contributed by atoms with E-state index in [0.717, 1.165) is 25.7 Å². The van der Waals surface area contributed by atoms with Crippen LogP contribution in [0.4, 0.5) is 0 Å². The Bertz CT molecular complexity index is 463. The van der Waals surface area contributed by atoms with E-state index in [1.165, 1.54) is 0 Å². The first kappa shape index (κ1) is 24.7. The topological polar surface area (TPSA) is 82.1 Å². The van der Waals surface area contributed by atoms with Crippen molar-refractivity contribution in [2.75, 3.05) is 31.3 Å². The summed E-state index contributed by atoms with van der Waals surface area (Å²) in [5, 5.41) is 0. The number of carbonyl (C=O) groups is 2. The second-order valence-corrected chi connectivity index (χ2v) is 8.58. The Kier molecular flexibility index (Phi) is 14.1. The summed E-state index contributed by atoms with van der Waals surface area (Å²) in [5.74, 6) is 0.556. The zero-order chi connectivity index (χ0) is 19.8. The third kappa shape index (κ3) is 13.0. The lowest BCUT2D eigenvalue weighted by molar-refractivity contribution is -0.150. The average molecular weight is 391 g/mol. The van der Waals surface area contributed by atoms with Gasteiger partial charge in [0.25, 0.3) is 0 Å². The highest BCUT2D eigenvalue weighted by atomic mass is 32.3. The van der Waals surface area contributed by atoms with Crippen LogP contribution in [-0.4, -0.2) is 47.8 Å². The number of carbonyl (C=O) groups excluding carboxylic acids is 2. The predicted octanol–water partition coefficient (Wildman–Crippen LogP) is 4.40. The zero-order valence-corrected chi connectivity index (χ0v) is 17.1. The van der Waals surface area contributed by atoms with Gasteiger partial charge < -0.3 is 9.47 Å². The largest absolute Gasteiger partial charge is 0.462 e. The standard InChI is InChI=1S/C19H34O6S/c1-5-25-26(22,6-2)16-12-10-8-7-9-11-13-18(20)23-14-15-24-19(21)17(3)4/h8,10,22H,3,5-7,9,11-16H2,1-2,4H3/b10-8-. The molecule has 0 aliphatic rings. The van der Waals surface area contributed by atoms with Crippen LogP contribution in [0, 0.1) is 0 Å². The van der Waals surface area contributed by atoms with E-state index >= 15 is 0 Å². The van der Waals surface area contributed by atoms with Crippen LogP contribution in [-0.2, 0) is 23.2 Å². The van der Waals surface area contributed by atoms with Crippen molar-refractivity contribution in [1.29, 1.82) is 0 Å². The normalized spacial score (nSPS) is 14.6. The third-order valence-electron chi connectivity index (χ3n) is 3.49. The molecule has 0 saturated heterocycles. The van der Waals surface area contributed by atoms with Crippen molar-refractivity contribution in [3.05, 3.63) is 24.3 Å². The number of rotatable bonds is 15. The van der Waals surface area contributed by atoms with E-state index in [1.54, 1.807) is 6.92 Å². The summed E-state index contributed by atoms with van der Waals surface area (Å²) in [5.41, 5.74) is 0.322. The molecule has 0 heterocycles. The molecule has 0 aliphatic carbocycles. The van der Waals surface area contributed by atoms with Crippen molar-refractivity contribution in [2.45, 2.75) is 52.9 Å². The minimum atomic E-state index is -1.91. The van der Waals surface area contributed by atoms with Crippen LogP contribution in [0.3, 0.4) is 0 Å². The molecule has 0 aliphatic heterocycles. The van der Waals surface area contributed by atoms with Crippen LogP contribution in [0.2, 0.25) is 0 Å². The number of hydrogen-bond donors (Lipinski definition) is 1. The molecule has 0 bridgehead atoms. The predicted molar refractivity (Wildman–Crippen MR) is 106 cm³/mol. The number of unbranched alkanes of at least 4 members (excludes halogenated alkanes) is 2. The first-order valence-corrected chi connectivity index (χ1v) is 11.0. The summed E-state index contributed by atoms with van der Waals surface area (Å²) < 4.78 is 25.5.